The zero-order chi connectivity index (χ0) is 27.9. The molecule has 1 aliphatic heterocycles. The first kappa shape index (κ1) is 28.1. The maximum Gasteiger partial charge on any atom is 0.325 e. The lowest BCUT2D eigenvalue weighted by Crippen LogP contribution is -2.35. The average molecular weight is 565 g/mol. The third kappa shape index (κ3) is 6.41. The molecular formula is C30H29ClN2O5S. The van der Waals surface area contributed by atoms with Crippen LogP contribution in [0.4, 0.5) is 5.69 Å². The summed E-state index contributed by atoms with van der Waals surface area (Å²) in [5.41, 5.74) is 3.53. The van der Waals surface area contributed by atoms with Crippen molar-refractivity contribution in [3.8, 4) is 11.5 Å². The second-order valence-corrected chi connectivity index (χ2v) is 9.43. The van der Waals surface area contributed by atoms with E-state index in [9.17, 15) is 9.59 Å². The summed E-state index contributed by atoms with van der Waals surface area (Å²) in [6.07, 6.45) is 2.55. The van der Waals surface area contributed by atoms with Gasteiger partial charge >= 0.3 is 5.97 Å². The van der Waals surface area contributed by atoms with Crippen LogP contribution in [-0.4, -0.2) is 42.2 Å². The molecule has 1 heterocycles. The van der Waals surface area contributed by atoms with Crippen molar-refractivity contribution < 1.29 is 23.8 Å². The van der Waals surface area contributed by atoms with E-state index in [1.165, 1.54) is 16.9 Å². The fraction of sp³-hybridized carbons (Fsp3) is 0.233. The molecule has 1 amide bonds. The van der Waals surface area contributed by atoms with Gasteiger partial charge in [-0.25, -0.2) is 0 Å². The number of rotatable bonds is 10. The lowest BCUT2D eigenvalue weighted by atomic mass is 10.1. The molecule has 1 fully saturated rings. The lowest BCUT2D eigenvalue weighted by molar-refractivity contribution is -0.140. The van der Waals surface area contributed by atoms with Crippen LogP contribution in [0.5, 0.6) is 11.5 Å². The van der Waals surface area contributed by atoms with Crippen molar-refractivity contribution in [2.24, 2.45) is 0 Å². The molecule has 0 unspecified atom stereocenters. The number of halogens is 1. The number of anilines is 1. The van der Waals surface area contributed by atoms with Gasteiger partial charge in [-0.2, -0.15) is 0 Å². The van der Waals surface area contributed by atoms with Gasteiger partial charge in [0.2, 0.25) is 0 Å². The summed E-state index contributed by atoms with van der Waals surface area (Å²) in [6, 6.07) is 20.4. The standard InChI is InChI=1S/C30H29ClN2O5S/c1-4-20-10-13-23(14-11-20)33-29(35)25(32(30(33)39)18-28(34)36-3)16-21-12-15-26(27(17-21)37-5-2)38-19-22-8-6-7-9-24(22)31/h6-17H,4-5,18-19H2,1-3H3/b25-16-. The van der Waals surface area contributed by atoms with E-state index in [-0.39, 0.29) is 29.9 Å². The zero-order valence-corrected chi connectivity index (χ0v) is 23.6. The molecule has 202 valence electrons. The van der Waals surface area contributed by atoms with E-state index in [4.69, 9.17) is 38.0 Å². The van der Waals surface area contributed by atoms with E-state index in [0.29, 0.717) is 34.4 Å². The van der Waals surface area contributed by atoms with Crippen LogP contribution in [0, 0.1) is 0 Å². The highest BCUT2D eigenvalue weighted by atomic mass is 35.5. The quantitative estimate of drug-likeness (QED) is 0.169. The molecule has 0 atom stereocenters. The number of thiocarbonyl (C=S) groups is 1. The average Bonchev–Trinajstić information content (AvgIpc) is 3.17. The van der Waals surface area contributed by atoms with Crippen molar-refractivity contribution in [1.29, 1.82) is 0 Å². The van der Waals surface area contributed by atoms with Crippen molar-refractivity contribution in [1.82, 2.24) is 4.90 Å². The molecular weight excluding hydrogens is 536 g/mol. The molecule has 3 aromatic carbocycles. The van der Waals surface area contributed by atoms with E-state index in [1.54, 1.807) is 18.2 Å². The third-order valence-corrected chi connectivity index (χ3v) is 6.94. The number of benzene rings is 3. The number of esters is 1. The van der Waals surface area contributed by atoms with Crippen molar-refractivity contribution >= 4 is 52.6 Å². The highest BCUT2D eigenvalue weighted by Crippen LogP contribution is 2.33. The van der Waals surface area contributed by atoms with Crippen LogP contribution in [0.15, 0.2) is 72.4 Å². The number of methoxy groups -OCH3 is 1. The molecule has 0 aromatic heterocycles. The number of carbonyl (C=O) groups excluding carboxylic acids is 2. The Hall–Kier alpha value is -3.88. The molecule has 0 spiro atoms. The Balaban J connectivity index is 1.67. The van der Waals surface area contributed by atoms with Crippen LogP contribution < -0.4 is 14.4 Å². The molecule has 0 bridgehead atoms. The molecule has 4 rings (SSSR count). The Morgan fingerprint density at radius 2 is 1.74 bits per heavy atom. The molecule has 1 aliphatic rings. The summed E-state index contributed by atoms with van der Waals surface area (Å²) in [6.45, 7) is 4.42. The summed E-state index contributed by atoms with van der Waals surface area (Å²) < 4.78 is 16.7. The molecule has 9 heteroatoms. The largest absolute Gasteiger partial charge is 0.490 e. The minimum absolute atomic E-state index is 0.200. The molecule has 3 aromatic rings. The van der Waals surface area contributed by atoms with Gasteiger partial charge < -0.3 is 19.1 Å². The Bertz CT molecular complexity index is 1410. The Labute approximate surface area is 238 Å². The van der Waals surface area contributed by atoms with Crippen LogP contribution in [0.25, 0.3) is 6.08 Å². The van der Waals surface area contributed by atoms with Crippen molar-refractivity contribution in [3.05, 3.63) is 94.1 Å². The first-order valence-corrected chi connectivity index (χ1v) is 13.3. The molecule has 7 nitrogen and oxygen atoms in total. The highest BCUT2D eigenvalue weighted by molar-refractivity contribution is 7.80. The second kappa shape index (κ2) is 12.8. The van der Waals surface area contributed by atoms with Crippen molar-refractivity contribution in [3.63, 3.8) is 0 Å². The summed E-state index contributed by atoms with van der Waals surface area (Å²) in [5, 5.41) is 0.817. The number of carbonyl (C=O) groups is 2. The smallest absolute Gasteiger partial charge is 0.325 e. The number of nitrogens with zero attached hydrogens (tertiary/aromatic N) is 2. The Morgan fingerprint density at radius 3 is 2.41 bits per heavy atom. The first-order chi connectivity index (χ1) is 18.9. The van der Waals surface area contributed by atoms with Gasteiger partial charge in [0.05, 0.1) is 19.4 Å². The van der Waals surface area contributed by atoms with Gasteiger partial charge in [0.15, 0.2) is 16.6 Å². The normalized spacial score (nSPS) is 14.2. The maximum absolute atomic E-state index is 13.6. The van der Waals surface area contributed by atoms with Gasteiger partial charge in [-0.3, -0.25) is 14.5 Å². The monoisotopic (exact) mass is 564 g/mol. The van der Waals surface area contributed by atoms with E-state index in [2.05, 4.69) is 6.92 Å². The van der Waals surface area contributed by atoms with E-state index >= 15 is 0 Å². The van der Waals surface area contributed by atoms with Crippen molar-refractivity contribution in [2.75, 3.05) is 25.2 Å². The summed E-state index contributed by atoms with van der Waals surface area (Å²) >= 11 is 11.9. The lowest BCUT2D eigenvalue weighted by Gasteiger charge is -2.19. The number of hydrogen-bond acceptors (Lipinski definition) is 6. The SMILES string of the molecule is CCOc1cc(/C=C2/C(=O)N(c3ccc(CC)cc3)C(=S)N2CC(=O)OC)ccc1OCc1ccccc1Cl. The number of aryl methyl sites for hydroxylation is 1. The van der Waals surface area contributed by atoms with Crippen LogP contribution in [0.3, 0.4) is 0 Å². The Morgan fingerprint density at radius 1 is 1.00 bits per heavy atom. The fourth-order valence-electron chi connectivity index (χ4n) is 4.07. The van der Waals surface area contributed by atoms with Gasteiger partial charge in [0.25, 0.3) is 5.91 Å². The maximum atomic E-state index is 13.6. The summed E-state index contributed by atoms with van der Waals surface area (Å²) in [7, 11) is 1.30. The highest BCUT2D eigenvalue weighted by Gasteiger charge is 2.40. The topological polar surface area (TPSA) is 68.3 Å². The van der Waals surface area contributed by atoms with E-state index in [1.807, 2.05) is 61.5 Å². The van der Waals surface area contributed by atoms with Gasteiger partial charge in [-0.1, -0.05) is 54.9 Å². The van der Waals surface area contributed by atoms with Crippen LogP contribution in [0.1, 0.15) is 30.5 Å². The second-order valence-electron chi connectivity index (χ2n) is 8.65. The summed E-state index contributed by atoms with van der Waals surface area (Å²) in [5.74, 6) is 0.192. The van der Waals surface area contributed by atoms with Crippen LogP contribution in [-0.2, 0) is 27.4 Å². The zero-order valence-electron chi connectivity index (χ0n) is 22.0. The van der Waals surface area contributed by atoms with Gasteiger partial charge in [0, 0.05) is 10.6 Å². The predicted octanol–water partition coefficient (Wildman–Crippen LogP) is 6.03. The third-order valence-electron chi connectivity index (χ3n) is 6.16. The molecule has 0 radical (unpaired) electrons. The molecule has 0 aliphatic carbocycles. The first-order valence-electron chi connectivity index (χ1n) is 12.5. The minimum atomic E-state index is -0.516. The number of amides is 1. The molecule has 39 heavy (non-hydrogen) atoms. The molecule has 0 saturated carbocycles. The fourth-order valence-corrected chi connectivity index (χ4v) is 4.61. The minimum Gasteiger partial charge on any atom is -0.490 e. The number of ether oxygens (including phenoxy) is 3. The molecule has 1 saturated heterocycles. The Kier molecular flexibility index (Phi) is 9.22. The van der Waals surface area contributed by atoms with Crippen LogP contribution >= 0.6 is 23.8 Å². The van der Waals surface area contributed by atoms with E-state index < -0.39 is 5.97 Å². The van der Waals surface area contributed by atoms with Gasteiger partial charge in [-0.15, -0.1) is 0 Å². The molecule has 0 N–H and O–H groups in total. The van der Waals surface area contributed by atoms with Gasteiger partial charge in [-0.05, 0) is 73.1 Å². The summed E-state index contributed by atoms with van der Waals surface area (Å²) in [4.78, 5) is 28.8. The van der Waals surface area contributed by atoms with Crippen LogP contribution in [0.2, 0.25) is 5.02 Å². The van der Waals surface area contributed by atoms with E-state index in [0.717, 1.165) is 17.5 Å². The van der Waals surface area contributed by atoms with Crippen molar-refractivity contribution in [2.45, 2.75) is 26.9 Å². The van der Waals surface area contributed by atoms with Gasteiger partial charge in [0.1, 0.15) is 18.8 Å². The number of hydrogen-bond donors (Lipinski definition) is 0. The predicted molar refractivity (Wildman–Crippen MR) is 156 cm³/mol.